The first-order valence-electron chi connectivity index (χ1n) is 7.43. The number of phenols is 1. The fourth-order valence-corrected chi connectivity index (χ4v) is 2.91. The van der Waals surface area contributed by atoms with Crippen LogP contribution in [0.3, 0.4) is 0 Å². The van der Waals surface area contributed by atoms with Crippen LogP contribution in [0.1, 0.15) is 31.7 Å². The zero-order valence-electron chi connectivity index (χ0n) is 12.1. The highest BCUT2D eigenvalue weighted by Gasteiger charge is 2.39. The minimum absolute atomic E-state index is 0.183. The standard InChI is InChI=1S/C16H24N2O2/c1-2-8-16(9-11-17-12-16)15(20)18-10-7-13-3-5-14(19)6-4-13/h3-6,17,19H,2,7-12H2,1H3,(H,18,20). The van der Waals surface area contributed by atoms with Gasteiger partial charge in [-0.3, -0.25) is 4.79 Å². The van der Waals surface area contributed by atoms with Gasteiger partial charge in [-0.2, -0.15) is 0 Å². The van der Waals surface area contributed by atoms with Gasteiger partial charge in [-0.1, -0.05) is 25.5 Å². The first-order chi connectivity index (χ1) is 9.66. The fraction of sp³-hybridized carbons (Fsp3) is 0.562. The van der Waals surface area contributed by atoms with Gasteiger partial charge in [-0.25, -0.2) is 0 Å². The molecule has 1 atom stereocenters. The van der Waals surface area contributed by atoms with E-state index in [9.17, 15) is 9.90 Å². The monoisotopic (exact) mass is 276 g/mol. The minimum atomic E-state index is -0.205. The molecular formula is C16H24N2O2. The molecule has 1 heterocycles. The molecule has 1 fully saturated rings. The van der Waals surface area contributed by atoms with Gasteiger partial charge in [-0.05, 0) is 43.5 Å². The molecule has 3 N–H and O–H groups in total. The lowest BCUT2D eigenvalue weighted by Crippen LogP contribution is -2.43. The van der Waals surface area contributed by atoms with E-state index in [2.05, 4.69) is 17.6 Å². The number of rotatable bonds is 6. The molecule has 4 nitrogen and oxygen atoms in total. The zero-order chi connectivity index (χ0) is 14.4. The van der Waals surface area contributed by atoms with Crippen molar-refractivity contribution in [2.45, 2.75) is 32.6 Å². The number of hydrogen-bond acceptors (Lipinski definition) is 3. The molecule has 2 rings (SSSR count). The molecule has 1 aromatic rings. The summed E-state index contributed by atoms with van der Waals surface area (Å²) in [6.45, 7) is 4.51. The molecule has 1 aliphatic heterocycles. The molecule has 1 aliphatic rings. The molecule has 0 aliphatic carbocycles. The van der Waals surface area contributed by atoms with Crippen LogP contribution < -0.4 is 10.6 Å². The highest BCUT2D eigenvalue weighted by Crippen LogP contribution is 2.31. The van der Waals surface area contributed by atoms with Gasteiger partial charge < -0.3 is 15.7 Å². The molecule has 1 saturated heterocycles. The normalized spacial score (nSPS) is 21.9. The van der Waals surface area contributed by atoms with Crippen LogP contribution in [0.5, 0.6) is 5.75 Å². The highest BCUT2D eigenvalue weighted by molar-refractivity contribution is 5.83. The second kappa shape index (κ2) is 6.75. The Kier molecular flexibility index (Phi) is 5.01. The number of amides is 1. The molecule has 1 unspecified atom stereocenters. The Balaban J connectivity index is 1.83. The Bertz CT molecular complexity index is 436. The van der Waals surface area contributed by atoms with E-state index in [1.165, 1.54) is 0 Å². The van der Waals surface area contributed by atoms with Crippen LogP contribution in [0, 0.1) is 5.41 Å². The quantitative estimate of drug-likeness (QED) is 0.743. The smallest absolute Gasteiger partial charge is 0.227 e. The van der Waals surface area contributed by atoms with Crippen LogP contribution in [0.4, 0.5) is 0 Å². The van der Waals surface area contributed by atoms with Crippen molar-refractivity contribution in [1.82, 2.24) is 10.6 Å². The maximum atomic E-state index is 12.4. The molecule has 20 heavy (non-hydrogen) atoms. The summed E-state index contributed by atoms with van der Waals surface area (Å²) in [4.78, 5) is 12.4. The molecule has 0 aromatic heterocycles. The second-order valence-electron chi connectivity index (χ2n) is 5.63. The Hall–Kier alpha value is -1.55. The SMILES string of the molecule is CCCC1(C(=O)NCCc2ccc(O)cc2)CCNC1. The first kappa shape index (κ1) is 14.9. The predicted octanol–water partition coefficient (Wildman–Crippen LogP) is 1.83. The van der Waals surface area contributed by atoms with E-state index >= 15 is 0 Å². The number of nitrogens with one attached hydrogen (secondary N) is 2. The number of carbonyl (C=O) groups is 1. The van der Waals surface area contributed by atoms with Crippen LogP contribution in [-0.2, 0) is 11.2 Å². The van der Waals surface area contributed by atoms with Crippen LogP contribution in [0.2, 0.25) is 0 Å². The zero-order valence-corrected chi connectivity index (χ0v) is 12.1. The van der Waals surface area contributed by atoms with E-state index in [-0.39, 0.29) is 17.1 Å². The molecule has 0 bridgehead atoms. The van der Waals surface area contributed by atoms with Gasteiger partial charge in [0.2, 0.25) is 5.91 Å². The van der Waals surface area contributed by atoms with Crippen molar-refractivity contribution >= 4 is 5.91 Å². The van der Waals surface area contributed by atoms with Crippen molar-refractivity contribution in [2.75, 3.05) is 19.6 Å². The topological polar surface area (TPSA) is 61.4 Å². The molecular weight excluding hydrogens is 252 g/mol. The summed E-state index contributed by atoms with van der Waals surface area (Å²) >= 11 is 0. The lowest BCUT2D eigenvalue weighted by molar-refractivity contribution is -0.130. The number of benzene rings is 1. The molecule has 0 spiro atoms. The lowest BCUT2D eigenvalue weighted by atomic mass is 9.81. The lowest BCUT2D eigenvalue weighted by Gasteiger charge is -2.26. The molecule has 1 amide bonds. The third-order valence-electron chi connectivity index (χ3n) is 4.09. The molecule has 110 valence electrons. The summed E-state index contributed by atoms with van der Waals surface area (Å²) in [5, 5.41) is 15.6. The average Bonchev–Trinajstić information content (AvgIpc) is 2.91. The van der Waals surface area contributed by atoms with Gasteiger partial charge in [0.15, 0.2) is 0 Å². The van der Waals surface area contributed by atoms with Crippen molar-refractivity contribution in [3.05, 3.63) is 29.8 Å². The number of aromatic hydroxyl groups is 1. The third-order valence-corrected chi connectivity index (χ3v) is 4.09. The van der Waals surface area contributed by atoms with E-state index < -0.39 is 0 Å². The van der Waals surface area contributed by atoms with Gasteiger partial charge in [0, 0.05) is 13.1 Å². The first-order valence-corrected chi connectivity index (χ1v) is 7.43. The van der Waals surface area contributed by atoms with Crippen molar-refractivity contribution in [3.8, 4) is 5.75 Å². The van der Waals surface area contributed by atoms with E-state index in [0.717, 1.165) is 44.3 Å². The number of hydrogen-bond donors (Lipinski definition) is 3. The van der Waals surface area contributed by atoms with Crippen LogP contribution in [-0.4, -0.2) is 30.6 Å². The summed E-state index contributed by atoms with van der Waals surface area (Å²) < 4.78 is 0. The minimum Gasteiger partial charge on any atom is -0.508 e. The van der Waals surface area contributed by atoms with Gasteiger partial charge in [0.05, 0.1) is 5.41 Å². The molecule has 0 radical (unpaired) electrons. The Labute approximate surface area is 120 Å². The summed E-state index contributed by atoms with van der Waals surface area (Å²) in [5.41, 5.74) is 0.918. The van der Waals surface area contributed by atoms with Gasteiger partial charge in [0.25, 0.3) is 0 Å². The van der Waals surface area contributed by atoms with Gasteiger partial charge in [0.1, 0.15) is 5.75 Å². The summed E-state index contributed by atoms with van der Waals surface area (Å²) in [7, 11) is 0. The average molecular weight is 276 g/mol. The van der Waals surface area contributed by atoms with Crippen molar-refractivity contribution in [2.24, 2.45) is 5.41 Å². The maximum Gasteiger partial charge on any atom is 0.227 e. The largest absolute Gasteiger partial charge is 0.508 e. The summed E-state index contributed by atoms with van der Waals surface area (Å²) in [6.07, 6.45) is 3.71. The van der Waals surface area contributed by atoms with Crippen LogP contribution in [0.25, 0.3) is 0 Å². The summed E-state index contributed by atoms with van der Waals surface area (Å²) in [6, 6.07) is 7.13. The van der Waals surface area contributed by atoms with Crippen molar-refractivity contribution in [3.63, 3.8) is 0 Å². The Morgan fingerprint density at radius 2 is 2.15 bits per heavy atom. The van der Waals surface area contributed by atoms with E-state index in [0.29, 0.717) is 6.54 Å². The van der Waals surface area contributed by atoms with Gasteiger partial charge >= 0.3 is 0 Å². The number of carbonyl (C=O) groups excluding carboxylic acids is 1. The number of phenolic OH excluding ortho intramolecular Hbond substituents is 1. The highest BCUT2D eigenvalue weighted by atomic mass is 16.3. The van der Waals surface area contributed by atoms with Crippen LogP contribution >= 0.6 is 0 Å². The predicted molar refractivity (Wildman–Crippen MR) is 79.6 cm³/mol. The third kappa shape index (κ3) is 3.51. The van der Waals surface area contributed by atoms with E-state index in [1.54, 1.807) is 12.1 Å². The van der Waals surface area contributed by atoms with E-state index in [4.69, 9.17) is 0 Å². The molecule has 1 aromatic carbocycles. The van der Waals surface area contributed by atoms with Crippen molar-refractivity contribution < 1.29 is 9.90 Å². The van der Waals surface area contributed by atoms with E-state index in [1.807, 2.05) is 12.1 Å². The second-order valence-corrected chi connectivity index (χ2v) is 5.63. The van der Waals surface area contributed by atoms with Gasteiger partial charge in [-0.15, -0.1) is 0 Å². The van der Waals surface area contributed by atoms with Crippen molar-refractivity contribution in [1.29, 1.82) is 0 Å². The maximum absolute atomic E-state index is 12.4. The summed E-state index contributed by atoms with van der Waals surface area (Å²) in [5.74, 6) is 0.458. The Morgan fingerprint density at radius 1 is 1.40 bits per heavy atom. The fourth-order valence-electron chi connectivity index (χ4n) is 2.91. The molecule has 0 saturated carbocycles. The van der Waals surface area contributed by atoms with Crippen LogP contribution in [0.15, 0.2) is 24.3 Å². The molecule has 4 heteroatoms. The Morgan fingerprint density at radius 3 is 2.75 bits per heavy atom.